The zero-order valence-electron chi connectivity index (χ0n) is 11.0. The van der Waals surface area contributed by atoms with Gasteiger partial charge in [0.05, 0.1) is 0 Å². The topological polar surface area (TPSA) is 69.7 Å². The second kappa shape index (κ2) is 7.36. The van der Waals surface area contributed by atoms with Crippen LogP contribution in [0.25, 0.3) is 0 Å². The second-order valence-electron chi connectivity index (χ2n) is 4.66. The average Bonchev–Trinajstić information content (AvgIpc) is 2.38. The normalized spacial score (nSPS) is 11.6. The summed E-state index contributed by atoms with van der Waals surface area (Å²) in [5, 5.41) is 18.2. The van der Waals surface area contributed by atoms with Crippen molar-refractivity contribution in [2.75, 3.05) is 31.2 Å². The van der Waals surface area contributed by atoms with Gasteiger partial charge >= 0.3 is 0 Å². The molecule has 4 N–H and O–H groups in total. The number of rotatable bonds is 8. The largest absolute Gasteiger partial charge is 0.396 e. The maximum Gasteiger partial charge on any atom is 0.0449 e. The number of hydrogen-bond donors (Lipinski definition) is 3. The summed E-state index contributed by atoms with van der Waals surface area (Å²) in [6.45, 7) is 3.64. The minimum atomic E-state index is -0.546. The summed E-state index contributed by atoms with van der Waals surface area (Å²) in [7, 11) is 0. The van der Waals surface area contributed by atoms with Gasteiger partial charge in [0.1, 0.15) is 0 Å². The fraction of sp³-hybridized carbons (Fsp3) is 0.571. The number of nitrogens with zero attached hydrogens (tertiary/aromatic N) is 1. The molecule has 1 aromatic carbocycles. The number of para-hydroxylation sites is 1. The van der Waals surface area contributed by atoms with E-state index in [-0.39, 0.29) is 13.2 Å². The molecule has 4 nitrogen and oxygen atoms in total. The molecule has 0 heterocycles. The van der Waals surface area contributed by atoms with Crippen LogP contribution in [0.1, 0.15) is 19.8 Å². The molecular weight excluding hydrogens is 228 g/mol. The number of benzene rings is 1. The van der Waals surface area contributed by atoms with Gasteiger partial charge < -0.3 is 20.8 Å². The Bertz CT molecular complexity index is 324. The van der Waals surface area contributed by atoms with E-state index in [0.29, 0.717) is 19.4 Å². The summed E-state index contributed by atoms with van der Waals surface area (Å²) < 4.78 is 0. The first-order valence-corrected chi connectivity index (χ1v) is 6.46. The van der Waals surface area contributed by atoms with Crippen LogP contribution < -0.4 is 10.6 Å². The Kier molecular flexibility index (Phi) is 6.12. The van der Waals surface area contributed by atoms with E-state index in [4.69, 9.17) is 15.9 Å². The fourth-order valence-electron chi connectivity index (χ4n) is 2.13. The highest BCUT2D eigenvalue weighted by atomic mass is 16.3. The van der Waals surface area contributed by atoms with Gasteiger partial charge in [0.15, 0.2) is 0 Å². The van der Waals surface area contributed by atoms with Crippen LogP contribution in [0.15, 0.2) is 30.3 Å². The number of aliphatic hydroxyl groups is 2. The molecule has 0 fully saturated rings. The van der Waals surface area contributed by atoms with Crippen LogP contribution in [0.3, 0.4) is 0 Å². The lowest BCUT2D eigenvalue weighted by Gasteiger charge is -2.35. The smallest absolute Gasteiger partial charge is 0.0449 e. The van der Waals surface area contributed by atoms with Gasteiger partial charge in [-0.2, -0.15) is 0 Å². The first kappa shape index (κ1) is 15.0. The maximum atomic E-state index is 9.10. The molecule has 0 saturated heterocycles. The van der Waals surface area contributed by atoms with Crippen molar-refractivity contribution >= 4 is 5.69 Å². The van der Waals surface area contributed by atoms with Gasteiger partial charge in [-0.15, -0.1) is 0 Å². The molecule has 0 amide bonds. The van der Waals surface area contributed by atoms with Gasteiger partial charge in [0, 0.05) is 37.5 Å². The Balaban J connectivity index is 2.77. The summed E-state index contributed by atoms with van der Waals surface area (Å²) in [5.41, 5.74) is 6.84. The molecule has 0 aliphatic heterocycles. The Morgan fingerprint density at radius 3 is 2.11 bits per heavy atom. The zero-order valence-corrected chi connectivity index (χ0v) is 11.0. The van der Waals surface area contributed by atoms with Gasteiger partial charge in [0.25, 0.3) is 0 Å². The van der Waals surface area contributed by atoms with E-state index < -0.39 is 5.54 Å². The molecule has 0 spiro atoms. The van der Waals surface area contributed by atoms with Crippen LogP contribution >= 0.6 is 0 Å². The Labute approximate surface area is 109 Å². The van der Waals surface area contributed by atoms with Crippen molar-refractivity contribution in [1.82, 2.24) is 0 Å². The molecule has 0 aliphatic carbocycles. The molecule has 4 heteroatoms. The van der Waals surface area contributed by atoms with Gasteiger partial charge in [-0.05, 0) is 31.9 Å². The molecule has 0 saturated carbocycles. The third-order valence-corrected chi connectivity index (χ3v) is 3.23. The summed E-state index contributed by atoms with van der Waals surface area (Å²) >= 11 is 0. The maximum absolute atomic E-state index is 9.10. The van der Waals surface area contributed by atoms with Gasteiger partial charge in [-0.25, -0.2) is 0 Å². The van der Waals surface area contributed by atoms with Crippen molar-refractivity contribution in [2.45, 2.75) is 25.3 Å². The van der Waals surface area contributed by atoms with Crippen molar-refractivity contribution in [2.24, 2.45) is 5.73 Å². The van der Waals surface area contributed by atoms with Crippen LogP contribution in [0.5, 0.6) is 0 Å². The molecule has 0 bridgehead atoms. The standard InChI is InChI=1S/C14H24N2O2/c1-2-16(13-6-4-3-5-7-13)12-14(15,8-10-17)9-11-18/h3-7,17-18H,2,8-12,15H2,1H3. The van der Waals surface area contributed by atoms with Crippen molar-refractivity contribution < 1.29 is 10.2 Å². The number of nitrogens with two attached hydrogens (primary N) is 1. The van der Waals surface area contributed by atoms with Crippen LogP contribution in [-0.2, 0) is 0 Å². The van der Waals surface area contributed by atoms with E-state index in [1.54, 1.807) is 0 Å². The van der Waals surface area contributed by atoms with Gasteiger partial charge in [-0.1, -0.05) is 18.2 Å². The molecule has 0 atom stereocenters. The molecule has 1 rings (SSSR count). The van der Waals surface area contributed by atoms with Crippen LogP contribution in [0.4, 0.5) is 5.69 Å². The molecule has 0 aromatic heterocycles. The predicted molar refractivity (Wildman–Crippen MR) is 74.7 cm³/mol. The summed E-state index contributed by atoms with van der Waals surface area (Å²) in [6, 6.07) is 10.1. The molecule has 18 heavy (non-hydrogen) atoms. The molecular formula is C14H24N2O2. The SMILES string of the molecule is CCN(CC(N)(CCO)CCO)c1ccccc1. The molecule has 1 aromatic rings. The summed E-state index contributed by atoms with van der Waals surface area (Å²) in [6.07, 6.45) is 0.994. The monoisotopic (exact) mass is 252 g/mol. The number of aliphatic hydroxyl groups excluding tert-OH is 2. The fourth-order valence-corrected chi connectivity index (χ4v) is 2.13. The van der Waals surface area contributed by atoms with Crippen LogP contribution in [-0.4, -0.2) is 42.1 Å². The lowest BCUT2D eigenvalue weighted by Crippen LogP contribution is -2.51. The quantitative estimate of drug-likeness (QED) is 0.645. The van der Waals surface area contributed by atoms with Gasteiger partial charge in [0.2, 0.25) is 0 Å². The minimum absolute atomic E-state index is 0.0445. The van der Waals surface area contributed by atoms with E-state index in [1.807, 2.05) is 30.3 Å². The zero-order chi connectivity index (χ0) is 13.4. The van der Waals surface area contributed by atoms with Gasteiger partial charge in [-0.3, -0.25) is 0 Å². The Morgan fingerprint density at radius 1 is 1.11 bits per heavy atom. The highest BCUT2D eigenvalue weighted by Crippen LogP contribution is 2.19. The number of anilines is 1. The predicted octanol–water partition coefficient (Wildman–Crippen LogP) is 0.975. The molecule has 0 radical (unpaired) electrons. The van der Waals surface area contributed by atoms with Crippen molar-refractivity contribution in [3.8, 4) is 0 Å². The van der Waals surface area contributed by atoms with Crippen molar-refractivity contribution in [3.05, 3.63) is 30.3 Å². The first-order valence-electron chi connectivity index (χ1n) is 6.46. The Morgan fingerprint density at radius 2 is 1.67 bits per heavy atom. The summed E-state index contributed by atoms with van der Waals surface area (Å²) in [4.78, 5) is 2.17. The van der Waals surface area contributed by atoms with E-state index in [0.717, 1.165) is 12.2 Å². The third-order valence-electron chi connectivity index (χ3n) is 3.23. The Hall–Kier alpha value is -1.10. The number of hydrogen-bond acceptors (Lipinski definition) is 4. The lowest BCUT2D eigenvalue weighted by molar-refractivity contribution is 0.195. The average molecular weight is 252 g/mol. The van der Waals surface area contributed by atoms with Crippen LogP contribution in [0.2, 0.25) is 0 Å². The van der Waals surface area contributed by atoms with E-state index >= 15 is 0 Å². The minimum Gasteiger partial charge on any atom is -0.396 e. The first-order chi connectivity index (χ1) is 8.65. The third kappa shape index (κ3) is 4.29. The molecule has 102 valence electrons. The lowest BCUT2D eigenvalue weighted by atomic mass is 9.92. The van der Waals surface area contributed by atoms with Crippen molar-refractivity contribution in [3.63, 3.8) is 0 Å². The van der Waals surface area contributed by atoms with E-state index in [1.165, 1.54) is 0 Å². The molecule has 0 aliphatic rings. The second-order valence-corrected chi connectivity index (χ2v) is 4.66. The molecule has 0 unspecified atom stereocenters. The van der Waals surface area contributed by atoms with E-state index in [9.17, 15) is 0 Å². The van der Waals surface area contributed by atoms with Crippen molar-refractivity contribution in [1.29, 1.82) is 0 Å². The highest BCUT2D eigenvalue weighted by Gasteiger charge is 2.26. The highest BCUT2D eigenvalue weighted by molar-refractivity contribution is 5.46. The summed E-state index contributed by atoms with van der Waals surface area (Å²) in [5.74, 6) is 0. The van der Waals surface area contributed by atoms with E-state index in [2.05, 4.69) is 11.8 Å². The number of likely N-dealkylation sites (N-methyl/N-ethyl adjacent to an activating group) is 1. The van der Waals surface area contributed by atoms with Crippen LogP contribution in [0, 0.1) is 0 Å².